The van der Waals surface area contributed by atoms with Crippen LogP contribution in [0.15, 0.2) is 77.0 Å². The maximum atomic E-state index is 13.2. The van der Waals surface area contributed by atoms with Crippen LogP contribution in [0.2, 0.25) is 0 Å². The summed E-state index contributed by atoms with van der Waals surface area (Å²) in [6.45, 7) is 2.14. The number of aryl methyl sites for hydroxylation is 1. The second kappa shape index (κ2) is 9.80. The van der Waals surface area contributed by atoms with Gasteiger partial charge in [0.2, 0.25) is 0 Å². The average Bonchev–Trinajstić information content (AvgIpc) is 3.48. The summed E-state index contributed by atoms with van der Waals surface area (Å²) in [5.41, 5.74) is 3.68. The van der Waals surface area contributed by atoms with Crippen LogP contribution in [0.4, 0.5) is 11.5 Å². The summed E-state index contributed by atoms with van der Waals surface area (Å²) in [5.74, 6) is 0.395. The second-order valence-corrected chi connectivity index (χ2v) is 10.7. The summed E-state index contributed by atoms with van der Waals surface area (Å²) in [4.78, 5) is 3.22. The predicted octanol–water partition coefficient (Wildman–Crippen LogP) is 5.81. The lowest BCUT2D eigenvalue weighted by molar-refractivity contribution is 0.600. The van der Waals surface area contributed by atoms with Gasteiger partial charge in [0.15, 0.2) is 0 Å². The van der Waals surface area contributed by atoms with Gasteiger partial charge in [0.25, 0.3) is 10.0 Å². The van der Waals surface area contributed by atoms with Gasteiger partial charge < -0.3 is 4.90 Å². The molecule has 0 amide bonds. The number of anilines is 2. The van der Waals surface area contributed by atoms with Crippen LogP contribution in [0, 0.1) is 0 Å². The molecule has 0 unspecified atom stereocenters. The maximum Gasteiger partial charge on any atom is 0.263 e. The lowest BCUT2D eigenvalue weighted by Gasteiger charge is -2.14. The Hall–Kier alpha value is -3.10. The summed E-state index contributed by atoms with van der Waals surface area (Å²) < 4.78 is 30.8. The minimum atomic E-state index is -3.77. The van der Waals surface area contributed by atoms with Crippen molar-refractivity contribution in [2.45, 2.75) is 31.1 Å². The van der Waals surface area contributed by atoms with Gasteiger partial charge in [-0.15, -0.1) is 11.3 Å². The van der Waals surface area contributed by atoms with Gasteiger partial charge in [-0.1, -0.05) is 31.5 Å². The zero-order valence-electron chi connectivity index (χ0n) is 19.0. The highest BCUT2D eigenvalue weighted by molar-refractivity contribution is 7.92. The van der Waals surface area contributed by atoms with Crippen molar-refractivity contribution in [2.24, 2.45) is 0 Å². The predicted molar refractivity (Wildman–Crippen MR) is 137 cm³/mol. The van der Waals surface area contributed by atoms with Crippen molar-refractivity contribution in [1.29, 1.82) is 0 Å². The first-order chi connectivity index (χ1) is 15.9. The Labute approximate surface area is 199 Å². The van der Waals surface area contributed by atoms with Crippen LogP contribution >= 0.6 is 11.3 Å². The smallest absolute Gasteiger partial charge is 0.263 e. The number of unbranched alkanes of at least 4 members (excludes halogenated alkanes) is 1. The first kappa shape index (κ1) is 23.1. The molecule has 4 aromatic rings. The third-order valence-corrected chi connectivity index (χ3v) is 7.65. The average molecular weight is 481 g/mol. The van der Waals surface area contributed by atoms with Gasteiger partial charge in [-0.2, -0.15) is 5.10 Å². The molecule has 2 aromatic carbocycles. The number of sulfonamides is 1. The Kier molecular flexibility index (Phi) is 6.85. The molecule has 2 heterocycles. The van der Waals surface area contributed by atoms with Crippen LogP contribution in [0.5, 0.6) is 0 Å². The highest BCUT2D eigenvalue weighted by Gasteiger charge is 2.20. The molecule has 33 heavy (non-hydrogen) atoms. The van der Waals surface area contributed by atoms with Gasteiger partial charge >= 0.3 is 0 Å². The number of nitrogens with zero attached hydrogens (tertiary/aromatic N) is 3. The van der Waals surface area contributed by atoms with Gasteiger partial charge in [0, 0.05) is 25.8 Å². The van der Waals surface area contributed by atoms with Crippen molar-refractivity contribution in [3.05, 3.63) is 77.7 Å². The highest BCUT2D eigenvalue weighted by Crippen LogP contribution is 2.30. The van der Waals surface area contributed by atoms with E-state index >= 15 is 0 Å². The summed E-state index contributed by atoms with van der Waals surface area (Å²) >= 11 is 1.56. The number of rotatable bonds is 9. The molecule has 0 saturated heterocycles. The van der Waals surface area contributed by atoms with E-state index in [1.165, 1.54) is 0 Å². The molecule has 0 saturated carbocycles. The molecule has 0 bridgehead atoms. The number of benzene rings is 2. The van der Waals surface area contributed by atoms with Crippen molar-refractivity contribution in [3.63, 3.8) is 0 Å². The molecular weight excluding hydrogens is 452 g/mol. The number of thiophene rings is 1. The highest BCUT2D eigenvalue weighted by atomic mass is 32.2. The Morgan fingerprint density at radius 2 is 1.76 bits per heavy atom. The molecule has 6 nitrogen and oxygen atoms in total. The van der Waals surface area contributed by atoms with E-state index in [2.05, 4.69) is 11.6 Å². The quantitative estimate of drug-likeness (QED) is 0.328. The van der Waals surface area contributed by atoms with Gasteiger partial charge in [0.05, 0.1) is 15.5 Å². The Morgan fingerprint density at radius 3 is 2.36 bits per heavy atom. The van der Waals surface area contributed by atoms with Crippen molar-refractivity contribution in [1.82, 2.24) is 9.78 Å². The van der Waals surface area contributed by atoms with E-state index in [4.69, 9.17) is 5.10 Å². The van der Waals surface area contributed by atoms with Gasteiger partial charge in [-0.05, 0) is 66.2 Å². The van der Waals surface area contributed by atoms with E-state index in [1.807, 2.05) is 72.9 Å². The molecule has 0 atom stereocenters. The van der Waals surface area contributed by atoms with Crippen molar-refractivity contribution in [3.8, 4) is 16.3 Å². The monoisotopic (exact) mass is 480 g/mol. The molecule has 2 aromatic heterocycles. The molecule has 0 radical (unpaired) electrons. The summed E-state index contributed by atoms with van der Waals surface area (Å²) in [5, 5.41) is 6.69. The van der Waals surface area contributed by atoms with Crippen LogP contribution in [-0.4, -0.2) is 32.3 Å². The molecule has 172 valence electrons. The zero-order chi connectivity index (χ0) is 23.4. The third-order valence-electron chi connectivity index (χ3n) is 5.39. The van der Waals surface area contributed by atoms with Crippen molar-refractivity contribution < 1.29 is 8.42 Å². The van der Waals surface area contributed by atoms with Gasteiger partial charge in [0.1, 0.15) is 11.5 Å². The Morgan fingerprint density at radius 1 is 1.03 bits per heavy atom. The first-order valence-electron chi connectivity index (χ1n) is 10.9. The third kappa shape index (κ3) is 5.29. The normalized spacial score (nSPS) is 11.5. The molecule has 0 spiro atoms. The molecule has 0 fully saturated rings. The van der Waals surface area contributed by atoms with Crippen LogP contribution in [0.25, 0.3) is 16.3 Å². The van der Waals surface area contributed by atoms with Crippen molar-refractivity contribution in [2.75, 3.05) is 23.7 Å². The molecule has 0 aliphatic carbocycles. The van der Waals surface area contributed by atoms with E-state index in [0.29, 0.717) is 11.5 Å². The van der Waals surface area contributed by atoms with Crippen LogP contribution in [0.1, 0.15) is 25.3 Å². The topological polar surface area (TPSA) is 67.2 Å². The molecule has 4 rings (SSSR count). The number of nitrogens with one attached hydrogen (secondary N) is 1. The lowest BCUT2D eigenvalue weighted by atomic mass is 10.1. The van der Waals surface area contributed by atoms with Gasteiger partial charge in [-0.25, -0.2) is 13.1 Å². The Balaban J connectivity index is 1.68. The van der Waals surface area contributed by atoms with Crippen LogP contribution < -0.4 is 9.62 Å². The van der Waals surface area contributed by atoms with Crippen molar-refractivity contribution >= 4 is 32.9 Å². The number of hydrogen-bond acceptors (Lipinski definition) is 5. The summed E-state index contributed by atoms with van der Waals surface area (Å²) in [6, 6.07) is 20.6. The molecule has 1 N–H and O–H groups in total. The van der Waals surface area contributed by atoms with E-state index in [0.717, 1.165) is 41.1 Å². The molecule has 0 aliphatic heterocycles. The molecule has 8 heteroatoms. The van der Waals surface area contributed by atoms with E-state index in [-0.39, 0.29) is 4.90 Å². The van der Waals surface area contributed by atoms with E-state index in [1.54, 1.807) is 34.2 Å². The second-order valence-electron chi connectivity index (χ2n) is 8.07. The van der Waals surface area contributed by atoms with E-state index in [9.17, 15) is 8.42 Å². The Bertz CT molecular complexity index is 1290. The fourth-order valence-corrected chi connectivity index (χ4v) is 5.21. The summed E-state index contributed by atoms with van der Waals surface area (Å²) in [7, 11) is 0.180. The minimum Gasteiger partial charge on any atom is -0.378 e. The first-order valence-corrected chi connectivity index (χ1v) is 13.3. The lowest BCUT2D eigenvalue weighted by Crippen LogP contribution is -2.16. The van der Waals surface area contributed by atoms with E-state index < -0.39 is 10.0 Å². The van der Waals surface area contributed by atoms with Crippen LogP contribution in [-0.2, 0) is 16.4 Å². The number of hydrogen-bond donors (Lipinski definition) is 1. The SMILES string of the molecule is CCCCc1ccc(S(=O)(=O)Nc2cc(-c3cccs3)nn2-c2ccc(N(C)C)cc2)cc1. The zero-order valence-corrected chi connectivity index (χ0v) is 20.7. The largest absolute Gasteiger partial charge is 0.378 e. The van der Waals surface area contributed by atoms with Crippen LogP contribution in [0.3, 0.4) is 0 Å². The maximum absolute atomic E-state index is 13.2. The minimum absolute atomic E-state index is 0.233. The fourth-order valence-electron chi connectivity index (χ4n) is 3.50. The summed E-state index contributed by atoms with van der Waals surface area (Å²) in [6.07, 6.45) is 3.14. The number of aromatic nitrogens is 2. The molecular formula is C25H28N4O2S2. The molecule has 0 aliphatic rings. The standard InChI is InChI=1S/C25H28N4O2S2/c1-4-5-7-19-9-15-22(16-10-19)33(30,31)27-25-18-23(24-8-6-17-32-24)26-29(25)21-13-11-20(12-14-21)28(2)3/h6,8-18,27H,4-5,7H2,1-3H3. The fraction of sp³-hybridized carbons (Fsp3) is 0.240. The van der Waals surface area contributed by atoms with Gasteiger partial charge in [-0.3, -0.25) is 4.72 Å².